The van der Waals surface area contributed by atoms with Gasteiger partial charge in [0.05, 0.1) is 11.3 Å². The van der Waals surface area contributed by atoms with Crippen molar-refractivity contribution in [3.8, 4) is 11.9 Å². The monoisotopic (exact) mass is 372 g/mol. The first-order valence-electron chi connectivity index (χ1n) is 7.67. The third kappa shape index (κ3) is 3.47. The quantitative estimate of drug-likeness (QED) is 0.593. The number of alkyl halides is 3. The first kappa shape index (κ1) is 16.7. The molecule has 0 saturated carbocycles. The molecule has 4 rings (SSSR count). The van der Waals surface area contributed by atoms with Gasteiger partial charge < -0.3 is 5.32 Å². The van der Waals surface area contributed by atoms with Crippen LogP contribution in [0.25, 0.3) is 11.9 Å². The van der Waals surface area contributed by atoms with Crippen LogP contribution in [0.5, 0.6) is 0 Å². The second kappa shape index (κ2) is 6.52. The Hall–Kier alpha value is -3.76. The molecule has 136 valence electrons. The van der Waals surface area contributed by atoms with E-state index in [1.807, 2.05) is 0 Å². The van der Waals surface area contributed by atoms with E-state index in [0.717, 1.165) is 6.07 Å². The summed E-state index contributed by atoms with van der Waals surface area (Å²) in [4.78, 5) is 20.5. The Kier molecular flexibility index (Phi) is 4.03. The lowest BCUT2D eigenvalue weighted by molar-refractivity contribution is -0.136. The number of anilines is 2. The predicted octanol–water partition coefficient (Wildman–Crippen LogP) is 3.01. The standard InChI is InChI=1S/C16H11F3N8/c17-16(18,19)11-3-1-2-4-12(11)22-13-23-14(26-7-5-20-9-26)25-15(24-13)27-8-6-21-10-27/h1-10H,(H,22,23,24,25). The summed E-state index contributed by atoms with van der Waals surface area (Å²) in [5, 5.41) is 2.63. The van der Waals surface area contributed by atoms with Gasteiger partial charge in [0.1, 0.15) is 12.7 Å². The maximum Gasteiger partial charge on any atom is 0.418 e. The zero-order valence-electron chi connectivity index (χ0n) is 13.5. The van der Waals surface area contributed by atoms with Gasteiger partial charge >= 0.3 is 6.18 Å². The molecule has 8 nitrogen and oxygen atoms in total. The molecule has 0 unspecified atom stereocenters. The lowest BCUT2D eigenvalue weighted by Crippen LogP contribution is -2.12. The molecule has 0 aliphatic carbocycles. The molecule has 4 aromatic rings. The molecule has 0 fully saturated rings. The van der Waals surface area contributed by atoms with Gasteiger partial charge in [-0.2, -0.15) is 28.1 Å². The van der Waals surface area contributed by atoms with Crippen LogP contribution in [0.3, 0.4) is 0 Å². The van der Waals surface area contributed by atoms with E-state index in [1.165, 1.54) is 52.4 Å². The minimum absolute atomic E-state index is 0.0471. The average Bonchev–Trinajstić information content (AvgIpc) is 3.35. The summed E-state index contributed by atoms with van der Waals surface area (Å²) >= 11 is 0. The highest BCUT2D eigenvalue weighted by atomic mass is 19.4. The summed E-state index contributed by atoms with van der Waals surface area (Å²) < 4.78 is 42.7. The SMILES string of the molecule is FC(F)(F)c1ccccc1Nc1nc(-n2ccnc2)nc(-n2ccnc2)n1. The van der Waals surface area contributed by atoms with Gasteiger partial charge in [-0.15, -0.1) is 0 Å². The fourth-order valence-electron chi connectivity index (χ4n) is 2.36. The summed E-state index contributed by atoms with van der Waals surface area (Å²) in [7, 11) is 0. The van der Waals surface area contributed by atoms with Gasteiger partial charge in [0, 0.05) is 24.8 Å². The third-order valence-electron chi connectivity index (χ3n) is 3.56. The highest BCUT2D eigenvalue weighted by Crippen LogP contribution is 2.35. The number of hydrogen-bond donors (Lipinski definition) is 1. The topological polar surface area (TPSA) is 86.3 Å². The highest BCUT2D eigenvalue weighted by molar-refractivity contribution is 5.60. The van der Waals surface area contributed by atoms with Crippen molar-refractivity contribution in [2.45, 2.75) is 6.18 Å². The van der Waals surface area contributed by atoms with Crippen molar-refractivity contribution >= 4 is 11.6 Å². The van der Waals surface area contributed by atoms with Gasteiger partial charge in [0.25, 0.3) is 0 Å². The van der Waals surface area contributed by atoms with Crippen molar-refractivity contribution < 1.29 is 13.2 Å². The summed E-state index contributed by atoms with van der Waals surface area (Å²) in [6.45, 7) is 0. The zero-order valence-corrected chi connectivity index (χ0v) is 13.5. The molecular formula is C16H11F3N8. The Morgan fingerprint density at radius 1 is 0.815 bits per heavy atom. The number of rotatable bonds is 4. The van der Waals surface area contributed by atoms with Crippen LogP contribution in [0, 0.1) is 0 Å². The van der Waals surface area contributed by atoms with Crippen LogP contribution in [-0.4, -0.2) is 34.1 Å². The predicted molar refractivity (Wildman–Crippen MR) is 88.8 cm³/mol. The number of benzene rings is 1. The smallest absolute Gasteiger partial charge is 0.323 e. The van der Waals surface area contributed by atoms with E-state index in [4.69, 9.17) is 0 Å². The molecule has 1 aromatic carbocycles. The van der Waals surface area contributed by atoms with Crippen LogP contribution >= 0.6 is 0 Å². The number of nitrogens with one attached hydrogen (secondary N) is 1. The van der Waals surface area contributed by atoms with Crippen molar-refractivity contribution in [1.29, 1.82) is 0 Å². The molecular weight excluding hydrogens is 361 g/mol. The van der Waals surface area contributed by atoms with Crippen LogP contribution < -0.4 is 5.32 Å². The van der Waals surface area contributed by atoms with Crippen molar-refractivity contribution in [3.63, 3.8) is 0 Å². The number of nitrogens with zero attached hydrogens (tertiary/aromatic N) is 7. The van der Waals surface area contributed by atoms with Gasteiger partial charge in [-0.3, -0.25) is 9.13 Å². The zero-order chi connectivity index (χ0) is 18.9. The van der Waals surface area contributed by atoms with Gasteiger partial charge in [-0.05, 0) is 12.1 Å². The summed E-state index contributed by atoms with van der Waals surface area (Å²) in [6, 6.07) is 5.10. The third-order valence-corrected chi connectivity index (χ3v) is 3.56. The molecule has 0 spiro atoms. The lowest BCUT2D eigenvalue weighted by Gasteiger charge is -2.14. The molecule has 11 heteroatoms. The summed E-state index contributed by atoms with van der Waals surface area (Å²) in [5.74, 6) is 0.338. The van der Waals surface area contributed by atoms with Crippen molar-refractivity contribution in [2.24, 2.45) is 0 Å². The number of para-hydroxylation sites is 1. The Labute approximate surface area is 150 Å². The molecule has 0 aliphatic rings. The molecule has 0 atom stereocenters. The molecule has 0 amide bonds. The first-order valence-corrected chi connectivity index (χ1v) is 7.67. The fraction of sp³-hybridized carbons (Fsp3) is 0.0625. The van der Waals surface area contributed by atoms with Crippen LogP contribution in [0.4, 0.5) is 24.8 Å². The van der Waals surface area contributed by atoms with E-state index < -0.39 is 11.7 Å². The maximum atomic E-state index is 13.2. The number of hydrogen-bond acceptors (Lipinski definition) is 6. The average molecular weight is 372 g/mol. The molecule has 1 N–H and O–H groups in total. The second-order valence-electron chi connectivity index (χ2n) is 5.37. The van der Waals surface area contributed by atoms with Gasteiger partial charge in [0.15, 0.2) is 0 Å². The molecule has 3 heterocycles. The maximum absolute atomic E-state index is 13.2. The summed E-state index contributed by atoms with van der Waals surface area (Å²) in [6.07, 6.45) is 4.72. The molecule has 0 aliphatic heterocycles. The summed E-state index contributed by atoms with van der Waals surface area (Å²) in [5.41, 5.74) is -0.983. The van der Waals surface area contributed by atoms with E-state index in [9.17, 15) is 13.2 Å². The van der Waals surface area contributed by atoms with Crippen LogP contribution in [-0.2, 0) is 6.18 Å². The molecule has 0 saturated heterocycles. The van der Waals surface area contributed by atoms with E-state index in [1.54, 1.807) is 12.4 Å². The fourth-order valence-corrected chi connectivity index (χ4v) is 2.36. The van der Waals surface area contributed by atoms with Crippen LogP contribution in [0.15, 0.2) is 61.7 Å². The van der Waals surface area contributed by atoms with Crippen LogP contribution in [0.1, 0.15) is 5.56 Å². The van der Waals surface area contributed by atoms with E-state index >= 15 is 0 Å². The number of aromatic nitrogens is 7. The van der Waals surface area contributed by atoms with Gasteiger partial charge in [0.2, 0.25) is 17.8 Å². The van der Waals surface area contributed by atoms with Crippen LogP contribution in [0.2, 0.25) is 0 Å². The number of halogens is 3. The molecule has 3 aromatic heterocycles. The Bertz CT molecular complexity index is 989. The van der Waals surface area contributed by atoms with E-state index in [-0.39, 0.29) is 23.5 Å². The van der Waals surface area contributed by atoms with E-state index in [0.29, 0.717) is 0 Å². The highest BCUT2D eigenvalue weighted by Gasteiger charge is 2.33. The molecule has 0 radical (unpaired) electrons. The van der Waals surface area contributed by atoms with E-state index in [2.05, 4.69) is 30.2 Å². The minimum atomic E-state index is -4.52. The minimum Gasteiger partial charge on any atom is -0.323 e. The number of imidazole rings is 2. The van der Waals surface area contributed by atoms with Crippen molar-refractivity contribution in [3.05, 3.63) is 67.3 Å². The van der Waals surface area contributed by atoms with Gasteiger partial charge in [-0.1, -0.05) is 12.1 Å². The Balaban J connectivity index is 1.80. The molecule has 27 heavy (non-hydrogen) atoms. The molecule has 0 bridgehead atoms. The first-order chi connectivity index (χ1) is 13.0. The van der Waals surface area contributed by atoms with Gasteiger partial charge in [-0.25, -0.2) is 9.97 Å². The Morgan fingerprint density at radius 2 is 1.41 bits per heavy atom. The normalized spacial score (nSPS) is 11.5. The Morgan fingerprint density at radius 3 is 1.93 bits per heavy atom. The second-order valence-corrected chi connectivity index (χ2v) is 5.37. The van der Waals surface area contributed by atoms with Crippen molar-refractivity contribution in [2.75, 3.05) is 5.32 Å². The largest absolute Gasteiger partial charge is 0.418 e. The lowest BCUT2D eigenvalue weighted by atomic mass is 10.1. The van der Waals surface area contributed by atoms with Crippen molar-refractivity contribution in [1.82, 2.24) is 34.1 Å².